The van der Waals surface area contributed by atoms with Crippen molar-refractivity contribution in [3.05, 3.63) is 0 Å². The Kier molecular flexibility index (Phi) is 5.86. The summed E-state index contributed by atoms with van der Waals surface area (Å²) >= 11 is 0. The molecule has 0 spiro atoms. The fourth-order valence-electron chi connectivity index (χ4n) is 3.60. The third-order valence-electron chi connectivity index (χ3n) is 4.80. The zero-order valence-corrected chi connectivity index (χ0v) is 12.6. The molecule has 2 saturated carbocycles. The number of amides is 1. The molecule has 2 rings (SSSR count). The molecule has 1 amide bonds. The molecule has 4 heteroatoms. The van der Waals surface area contributed by atoms with Crippen LogP contribution < -0.4 is 0 Å². The molecule has 0 bridgehead atoms. The molecule has 0 aliphatic heterocycles. The minimum absolute atomic E-state index is 0.132. The summed E-state index contributed by atoms with van der Waals surface area (Å²) in [4.78, 5) is 25.9. The van der Waals surface area contributed by atoms with Gasteiger partial charge < -0.3 is 9.64 Å². The molecule has 0 unspecified atom stereocenters. The second-order valence-electron chi connectivity index (χ2n) is 6.24. The molecule has 0 aromatic carbocycles. The number of nitrogens with zero attached hydrogens (tertiary/aromatic N) is 1. The van der Waals surface area contributed by atoms with Crippen molar-refractivity contribution < 1.29 is 14.3 Å². The third kappa shape index (κ3) is 4.22. The van der Waals surface area contributed by atoms with Crippen molar-refractivity contribution in [2.75, 3.05) is 13.7 Å². The van der Waals surface area contributed by atoms with Crippen LogP contribution in [0, 0.1) is 5.92 Å². The Morgan fingerprint density at radius 1 is 1.00 bits per heavy atom. The molecule has 0 heterocycles. The van der Waals surface area contributed by atoms with Crippen LogP contribution in [0.5, 0.6) is 0 Å². The Balaban J connectivity index is 1.92. The van der Waals surface area contributed by atoms with Crippen LogP contribution in [0.2, 0.25) is 0 Å². The van der Waals surface area contributed by atoms with Crippen molar-refractivity contribution in [2.24, 2.45) is 5.92 Å². The van der Waals surface area contributed by atoms with Gasteiger partial charge in [0.1, 0.15) is 6.54 Å². The molecule has 0 atom stereocenters. The highest BCUT2D eigenvalue weighted by atomic mass is 16.5. The maximum absolute atomic E-state index is 12.6. The smallest absolute Gasteiger partial charge is 0.325 e. The SMILES string of the molecule is COC(=O)CN(C(=O)CC1CCCCC1)C1CCCC1. The van der Waals surface area contributed by atoms with Crippen LogP contribution in [0.4, 0.5) is 0 Å². The number of esters is 1. The van der Waals surface area contributed by atoms with Crippen LogP contribution in [-0.2, 0) is 14.3 Å². The maximum Gasteiger partial charge on any atom is 0.325 e. The van der Waals surface area contributed by atoms with Crippen LogP contribution in [0.3, 0.4) is 0 Å². The summed E-state index contributed by atoms with van der Waals surface area (Å²) in [7, 11) is 1.39. The molecule has 114 valence electrons. The van der Waals surface area contributed by atoms with Crippen molar-refractivity contribution in [2.45, 2.75) is 70.3 Å². The Morgan fingerprint density at radius 3 is 2.20 bits per heavy atom. The van der Waals surface area contributed by atoms with Crippen LogP contribution in [-0.4, -0.2) is 36.5 Å². The Bertz CT molecular complexity index is 331. The fraction of sp³-hybridized carbons (Fsp3) is 0.875. The lowest BCUT2D eigenvalue weighted by molar-refractivity contribution is -0.149. The first kappa shape index (κ1) is 15.3. The quantitative estimate of drug-likeness (QED) is 0.728. The van der Waals surface area contributed by atoms with Crippen LogP contribution in [0.15, 0.2) is 0 Å². The Hall–Kier alpha value is -1.06. The second kappa shape index (κ2) is 7.65. The summed E-state index contributed by atoms with van der Waals surface area (Å²) in [5, 5.41) is 0. The summed E-state index contributed by atoms with van der Waals surface area (Å²) in [6.45, 7) is 0.132. The summed E-state index contributed by atoms with van der Waals surface area (Å²) in [6, 6.07) is 0.255. The zero-order valence-electron chi connectivity index (χ0n) is 12.6. The normalized spacial score (nSPS) is 20.9. The summed E-state index contributed by atoms with van der Waals surface area (Å²) in [5.74, 6) is 0.390. The lowest BCUT2D eigenvalue weighted by Crippen LogP contribution is -2.43. The lowest BCUT2D eigenvalue weighted by atomic mass is 9.86. The van der Waals surface area contributed by atoms with E-state index in [9.17, 15) is 9.59 Å². The molecule has 4 nitrogen and oxygen atoms in total. The summed E-state index contributed by atoms with van der Waals surface area (Å²) < 4.78 is 4.75. The average molecular weight is 281 g/mol. The van der Waals surface area contributed by atoms with Gasteiger partial charge in [0.25, 0.3) is 0 Å². The van der Waals surface area contributed by atoms with Crippen molar-refractivity contribution in [3.63, 3.8) is 0 Å². The highest BCUT2D eigenvalue weighted by Gasteiger charge is 2.30. The summed E-state index contributed by atoms with van der Waals surface area (Å²) in [5.41, 5.74) is 0. The number of carbonyl (C=O) groups is 2. The molecule has 2 aliphatic rings. The molecule has 0 radical (unpaired) electrons. The maximum atomic E-state index is 12.6. The molecule has 0 saturated heterocycles. The average Bonchev–Trinajstić information content (AvgIpc) is 2.99. The third-order valence-corrected chi connectivity index (χ3v) is 4.80. The van der Waals surface area contributed by atoms with E-state index < -0.39 is 0 Å². The molecule has 0 aromatic rings. The van der Waals surface area contributed by atoms with E-state index in [-0.39, 0.29) is 24.5 Å². The topological polar surface area (TPSA) is 46.6 Å². The highest BCUT2D eigenvalue weighted by Crippen LogP contribution is 2.29. The van der Waals surface area contributed by atoms with Crippen LogP contribution in [0.25, 0.3) is 0 Å². The van der Waals surface area contributed by atoms with Gasteiger partial charge in [-0.15, -0.1) is 0 Å². The van der Waals surface area contributed by atoms with Crippen LogP contribution >= 0.6 is 0 Å². The number of rotatable bonds is 5. The minimum Gasteiger partial charge on any atom is -0.468 e. The van der Waals surface area contributed by atoms with E-state index in [2.05, 4.69) is 0 Å². The first-order valence-corrected chi connectivity index (χ1v) is 8.07. The van der Waals surface area contributed by atoms with E-state index >= 15 is 0 Å². The van der Waals surface area contributed by atoms with Gasteiger partial charge in [-0.05, 0) is 31.6 Å². The van der Waals surface area contributed by atoms with E-state index in [1.54, 1.807) is 4.90 Å². The monoisotopic (exact) mass is 281 g/mol. The minimum atomic E-state index is -0.297. The van der Waals surface area contributed by atoms with Crippen molar-refractivity contribution in [1.29, 1.82) is 0 Å². The number of methoxy groups -OCH3 is 1. The van der Waals surface area contributed by atoms with Gasteiger partial charge >= 0.3 is 5.97 Å². The molecule has 0 N–H and O–H groups in total. The van der Waals surface area contributed by atoms with Gasteiger partial charge in [0.15, 0.2) is 0 Å². The second-order valence-corrected chi connectivity index (χ2v) is 6.24. The zero-order chi connectivity index (χ0) is 14.4. The van der Waals surface area contributed by atoms with Gasteiger partial charge in [0, 0.05) is 12.5 Å². The fourth-order valence-corrected chi connectivity index (χ4v) is 3.60. The van der Waals surface area contributed by atoms with E-state index in [4.69, 9.17) is 4.74 Å². The Morgan fingerprint density at radius 2 is 1.60 bits per heavy atom. The van der Waals surface area contributed by atoms with Crippen molar-refractivity contribution in [1.82, 2.24) is 4.90 Å². The number of ether oxygens (including phenoxy) is 1. The predicted molar refractivity (Wildman–Crippen MR) is 77.2 cm³/mol. The van der Waals surface area contributed by atoms with Gasteiger partial charge in [-0.25, -0.2) is 0 Å². The molecular formula is C16H27NO3. The van der Waals surface area contributed by atoms with Crippen molar-refractivity contribution >= 4 is 11.9 Å². The van der Waals surface area contributed by atoms with Crippen LogP contribution in [0.1, 0.15) is 64.2 Å². The van der Waals surface area contributed by atoms with Crippen molar-refractivity contribution in [3.8, 4) is 0 Å². The van der Waals surface area contributed by atoms with Gasteiger partial charge in [-0.3, -0.25) is 9.59 Å². The summed E-state index contributed by atoms with van der Waals surface area (Å²) in [6.07, 6.45) is 11.2. The lowest BCUT2D eigenvalue weighted by Gasteiger charge is -2.30. The molecule has 20 heavy (non-hydrogen) atoms. The largest absolute Gasteiger partial charge is 0.468 e. The van der Waals surface area contributed by atoms with E-state index in [1.165, 1.54) is 52.1 Å². The molecular weight excluding hydrogens is 254 g/mol. The van der Waals surface area contributed by atoms with E-state index in [1.807, 2.05) is 0 Å². The molecule has 2 aliphatic carbocycles. The Labute approximate surface area is 121 Å². The predicted octanol–water partition coefficient (Wildman–Crippen LogP) is 2.90. The van der Waals surface area contributed by atoms with E-state index in [0.717, 1.165) is 12.8 Å². The number of carbonyl (C=O) groups excluding carboxylic acids is 2. The number of hydrogen-bond acceptors (Lipinski definition) is 3. The van der Waals surface area contributed by atoms with Gasteiger partial charge in [-0.2, -0.15) is 0 Å². The number of hydrogen-bond donors (Lipinski definition) is 0. The standard InChI is InChI=1S/C16H27NO3/c1-20-16(19)12-17(14-9-5-6-10-14)15(18)11-13-7-3-2-4-8-13/h13-14H,2-12H2,1H3. The molecule has 0 aromatic heterocycles. The van der Waals surface area contributed by atoms with Gasteiger partial charge in [0.2, 0.25) is 5.91 Å². The van der Waals surface area contributed by atoms with Gasteiger partial charge in [0.05, 0.1) is 7.11 Å². The first-order chi connectivity index (χ1) is 9.70. The first-order valence-electron chi connectivity index (χ1n) is 8.07. The van der Waals surface area contributed by atoms with E-state index in [0.29, 0.717) is 12.3 Å². The molecule has 2 fully saturated rings. The highest BCUT2D eigenvalue weighted by molar-refractivity contribution is 5.82. The van der Waals surface area contributed by atoms with Gasteiger partial charge in [-0.1, -0.05) is 32.1 Å².